The van der Waals surface area contributed by atoms with Crippen LogP contribution in [-0.4, -0.2) is 22.5 Å². The monoisotopic (exact) mass is 242 g/mol. The lowest BCUT2D eigenvalue weighted by Crippen LogP contribution is -2.33. The zero-order chi connectivity index (χ0) is 12.2. The number of halogens is 1. The molecule has 1 unspecified atom stereocenters. The van der Waals surface area contributed by atoms with Crippen molar-refractivity contribution < 1.29 is 4.39 Å². The van der Waals surface area contributed by atoms with E-state index in [0.29, 0.717) is 0 Å². The molecule has 0 saturated heterocycles. The van der Waals surface area contributed by atoms with Crippen LogP contribution >= 0.6 is 11.8 Å². The lowest BCUT2D eigenvalue weighted by molar-refractivity contribution is 0.517. The van der Waals surface area contributed by atoms with Crippen molar-refractivity contribution in [2.75, 3.05) is 12.8 Å². The van der Waals surface area contributed by atoms with Crippen LogP contribution in [0.2, 0.25) is 0 Å². The van der Waals surface area contributed by atoms with Crippen LogP contribution in [0, 0.1) is 5.82 Å². The number of nitrogens with one attached hydrogen (secondary N) is 1. The molecule has 0 radical (unpaired) electrons. The molecule has 4 heteroatoms. The largest absolute Gasteiger partial charge is 0.309 e. The van der Waals surface area contributed by atoms with Crippen LogP contribution in [0.5, 0.6) is 0 Å². The molecule has 1 aromatic rings. The number of rotatable bonds is 5. The van der Waals surface area contributed by atoms with Crippen molar-refractivity contribution in [2.24, 2.45) is 0 Å². The predicted molar refractivity (Wildman–Crippen MR) is 68.2 cm³/mol. The lowest BCUT2D eigenvalue weighted by atomic mass is 10.1. The van der Waals surface area contributed by atoms with Crippen molar-refractivity contribution in [1.29, 1.82) is 0 Å². The molecule has 0 aliphatic rings. The molecule has 1 N–H and O–H groups in total. The second kappa shape index (κ2) is 5.64. The molecule has 0 aromatic carbocycles. The Kier molecular flexibility index (Phi) is 4.74. The minimum Gasteiger partial charge on any atom is -0.309 e. The van der Waals surface area contributed by atoms with Crippen LogP contribution in [0.4, 0.5) is 4.39 Å². The highest BCUT2D eigenvalue weighted by atomic mass is 32.2. The molecule has 16 heavy (non-hydrogen) atoms. The van der Waals surface area contributed by atoms with E-state index in [9.17, 15) is 4.39 Å². The van der Waals surface area contributed by atoms with E-state index in [1.54, 1.807) is 6.20 Å². The summed E-state index contributed by atoms with van der Waals surface area (Å²) in [5, 5.41) is 3.39. The molecule has 90 valence electrons. The molecular formula is C12H19FN2S. The average Bonchev–Trinajstić information content (AvgIpc) is 2.26. The fourth-order valence-electron chi connectivity index (χ4n) is 1.25. The van der Waals surface area contributed by atoms with Crippen LogP contribution in [0.3, 0.4) is 0 Å². The maximum absolute atomic E-state index is 13.0. The van der Waals surface area contributed by atoms with Gasteiger partial charge in [-0.1, -0.05) is 0 Å². The third-order valence-corrected chi connectivity index (χ3v) is 3.86. The summed E-state index contributed by atoms with van der Waals surface area (Å²) in [6.45, 7) is 7.27. The number of aromatic nitrogens is 1. The number of nitrogens with zero attached hydrogens (tertiary/aromatic N) is 1. The highest BCUT2D eigenvalue weighted by Crippen LogP contribution is 2.21. The highest BCUT2D eigenvalue weighted by molar-refractivity contribution is 7.99. The SMILES string of the molecule is CSC(C)(C)CNC(C)c1cncc(F)c1. The zero-order valence-electron chi connectivity index (χ0n) is 10.2. The predicted octanol–water partition coefficient (Wildman–Crippen LogP) is 3.01. The van der Waals surface area contributed by atoms with E-state index in [-0.39, 0.29) is 16.6 Å². The van der Waals surface area contributed by atoms with Gasteiger partial charge in [-0.15, -0.1) is 0 Å². The van der Waals surface area contributed by atoms with Crippen molar-refractivity contribution >= 4 is 11.8 Å². The molecule has 0 saturated carbocycles. The van der Waals surface area contributed by atoms with E-state index < -0.39 is 0 Å². The maximum Gasteiger partial charge on any atom is 0.141 e. The Hall–Kier alpha value is -0.610. The Morgan fingerprint density at radius 3 is 2.75 bits per heavy atom. The van der Waals surface area contributed by atoms with E-state index in [1.165, 1.54) is 12.3 Å². The summed E-state index contributed by atoms with van der Waals surface area (Å²) in [6, 6.07) is 1.64. The van der Waals surface area contributed by atoms with Crippen molar-refractivity contribution in [2.45, 2.75) is 31.6 Å². The molecule has 0 spiro atoms. The number of hydrogen-bond donors (Lipinski definition) is 1. The molecule has 1 rings (SSSR count). The van der Waals surface area contributed by atoms with Gasteiger partial charge in [0.25, 0.3) is 0 Å². The fraction of sp³-hybridized carbons (Fsp3) is 0.583. The van der Waals surface area contributed by atoms with Gasteiger partial charge < -0.3 is 5.32 Å². The Morgan fingerprint density at radius 1 is 1.50 bits per heavy atom. The minimum absolute atomic E-state index is 0.120. The van der Waals surface area contributed by atoms with Crippen LogP contribution in [0.15, 0.2) is 18.5 Å². The van der Waals surface area contributed by atoms with Crippen molar-refractivity contribution in [3.63, 3.8) is 0 Å². The summed E-state index contributed by atoms with van der Waals surface area (Å²) >= 11 is 1.82. The third-order valence-electron chi connectivity index (χ3n) is 2.61. The van der Waals surface area contributed by atoms with Crippen molar-refractivity contribution in [3.8, 4) is 0 Å². The summed E-state index contributed by atoms with van der Waals surface area (Å²) in [5.41, 5.74) is 0.886. The third kappa shape index (κ3) is 4.10. The molecule has 0 aliphatic heterocycles. The van der Waals surface area contributed by atoms with Gasteiger partial charge in [0.15, 0.2) is 0 Å². The normalized spacial score (nSPS) is 13.8. The van der Waals surface area contributed by atoms with E-state index in [1.807, 2.05) is 18.7 Å². The first-order valence-electron chi connectivity index (χ1n) is 5.33. The second-order valence-corrected chi connectivity index (χ2v) is 6.02. The van der Waals surface area contributed by atoms with Crippen LogP contribution in [0.1, 0.15) is 32.4 Å². The van der Waals surface area contributed by atoms with Crippen molar-refractivity contribution in [1.82, 2.24) is 10.3 Å². The van der Waals surface area contributed by atoms with Crippen LogP contribution < -0.4 is 5.32 Å². The summed E-state index contributed by atoms with van der Waals surface area (Å²) < 4.78 is 13.2. The first-order valence-corrected chi connectivity index (χ1v) is 6.56. The van der Waals surface area contributed by atoms with Gasteiger partial charge in [-0.3, -0.25) is 4.98 Å². The smallest absolute Gasteiger partial charge is 0.141 e. The minimum atomic E-state index is -0.282. The molecular weight excluding hydrogens is 223 g/mol. The van der Waals surface area contributed by atoms with Gasteiger partial charge >= 0.3 is 0 Å². The van der Waals surface area contributed by atoms with E-state index in [0.717, 1.165) is 12.1 Å². The van der Waals surface area contributed by atoms with Gasteiger partial charge in [0.2, 0.25) is 0 Å². The van der Waals surface area contributed by atoms with Crippen LogP contribution in [0.25, 0.3) is 0 Å². The van der Waals surface area contributed by atoms with Gasteiger partial charge in [-0.05, 0) is 38.7 Å². The molecule has 1 aromatic heterocycles. The molecule has 1 heterocycles. The summed E-state index contributed by atoms with van der Waals surface area (Å²) in [5.74, 6) is -0.282. The Balaban J connectivity index is 2.56. The second-order valence-electron chi connectivity index (χ2n) is 4.50. The van der Waals surface area contributed by atoms with Gasteiger partial charge in [0, 0.05) is 23.5 Å². The molecule has 0 fully saturated rings. The van der Waals surface area contributed by atoms with Gasteiger partial charge in [-0.2, -0.15) is 11.8 Å². The van der Waals surface area contributed by atoms with E-state index >= 15 is 0 Å². The number of thioether (sulfide) groups is 1. The molecule has 0 aliphatic carbocycles. The Bertz CT molecular complexity index is 342. The first kappa shape index (κ1) is 13.5. The summed E-state index contributed by atoms with van der Waals surface area (Å²) in [4.78, 5) is 3.85. The van der Waals surface area contributed by atoms with Gasteiger partial charge in [0.05, 0.1) is 6.20 Å². The summed E-state index contributed by atoms with van der Waals surface area (Å²) in [7, 11) is 0. The van der Waals surface area contributed by atoms with E-state index in [4.69, 9.17) is 0 Å². The highest BCUT2D eigenvalue weighted by Gasteiger charge is 2.17. The van der Waals surface area contributed by atoms with Gasteiger partial charge in [-0.25, -0.2) is 4.39 Å². The van der Waals surface area contributed by atoms with Crippen LogP contribution in [-0.2, 0) is 0 Å². The summed E-state index contributed by atoms with van der Waals surface area (Å²) in [6.07, 6.45) is 5.02. The van der Waals surface area contributed by atoms with E-state index in [2.05, 4.69) is 30.4 Å². The van der Waals surface area contributed by atoms with Crippen molar-refractivity contribution in [3.05, 3.63) is 29.8 Å². The Morgan fingerprint density at radius 2 is 2.19 bits per heavy atom. The number of pyridine rings is 1. The Labute approximate surface area is 101 Å². The quantitative estimate of drug-likeness (QED) is 0.859. The van der Waals surface area contributed by atoms with Gasteiger partial charge in [0.1, 0.15) is 5.82 Å². The zero-order valence-corrected chi connectivity index (χ0v) is 11.1. The molecule has 2 nitrogen and oxygen atoms in total. The average molecular weight is 242 g/mol. The standard InChI is InChI=1S/C12H19FN2S/c1-9(15-8-12(2,3)16-4)10-5-11(13)7-14-6-10/h5-7,9,15H,8H2,1-4H3. The molecule has 0 bridgehead atoms. The first-order chi connectivity index (χ1) is 7.44. The topological polar surface area (TPSA) is 24.9 Å². The lowest BCUT2D eigenvalue weighted by Gasteiger charge is -2.25. The fourth-order valence-corrected chi connectivity index (χ4v) is 1.48. The molecule has 0 amide bonds. The number of hydrogen-bond acceptors (Lipinski definition) is 3. The maximum atomic E-state index is 13.0. The molecule has 1 atom stereocenters.